The number of hydrazone groups is 1. The van der Waals surface area contributed by atoms with E-state index in [2.05, 4.69) is 5.10 Å². The number of carboxylic acid groups (broad SMARTS) is 1. The molecule has 1 aromatic rings. The molecule has 0 amide bonds. The minimum Gasteiger partial charge on any atom is -0.476 e. The number of nitrogens with zero attached hydrogens (tertiary/aromatic N) is 1. The Morgan fingerprint density at radius 1 is 1.33 bits per heavy atom. The maximum Gasteiger partial charge on any atom is 0.357 e. The highest BCUT2D eigenvalue weighted by atomic mass is 32.2. The lowest BCUT2D eigenvalue weighted by Gasteiger charge is -2.14. The number of benzene rings is 1. The average molecular weight is 226 g/mol. The van der Waals surface area contributed by atoms with E-state index >= 15 is 0 Å². The third-order valence-corrected chi connectivity index (χ3v) is 3.18. The summed E-state index contributed by atoms with van der Waals surface area (Å²) in [5.41, 5.74) is -0.204. The van der Waals surface area contributed by atoms with Crippen LogP contribution < -0.4 is 4.83 Å². The molecule has 0 bridgehead atoms. The van der Waals surface area contributed by atoms with Gasteiger partial charge in [-0.1, -0.05) is 18.2 Å². The second-order valence-electron chi connectivity index (χ2n) is 2.86. The summed E-state index contributed by atoms with van der Waals surface area (Å²) in [4.78, 5) is 12.5. The molecular formula is C8H6N2O4S. The van der Waals surface area contributed by atoms with Crippen LogP contribution in [0.4, 0.5) is 0 Å². The van der Waals surface area contributed by atoms with Gasteiger partial charge in [0, 0.05) is 5.56 Å². The van der Waals surface area contributed by atoms with Gasteiger partial charge >= 0.3 is 5.97 Å². The van der Waals surface area contributed by atoms with Crippen LogP contribution in [0.15, 0.2) is 34.3 Å². The number of hydrogen-bond acceptors (Lipinski definition) is 4. The van der Waals surface area contributed by atoms with Crippen LogP contribution in [0, 0.1) is 0 Å². The molecule has 2 N–H and O–H groups in total. The van der Waals surface area contributed by atoms with E-state index in [1.807, 2.05) is 4.83 Å². The molecule has 1 aromatic carbocycles. The fourth-order valence-electron chi connectivity index (χ4n) is 1.27. The molecule has 0 atom stereocenters. The highest BCUT2D eigenvalue weighted by Gasteiger charge is 2.28. The van der Waals surface area contributed by atoms with E-state index in [9.17, 15) is 13.2 Å². The number of sulfonamides is 1. The van der Waals surface area contributed by atoms with Crippen molar-refractivity contribution >= 4 is 21.7 Å². The van der Waals surface area contributed by atoms with Crippen molar-refractivity contribution in [1.82, 2.24) is 4.83 Å². The number of aliphatic carboxylic acids is 1. The third kappa shape index (κ3) is 1.46. The van der Waals surface area contributed by atoms with Gasteiger partial charge in [0.2, 0.25) is 0 Å². The first-order valence-electron chi connectivity index (χ1n) is 3.94. The minimum absolute atomic E-state index is 0.0719. The molecule has 15 heavy (non-hydrogen) atoms. The van der Waals surface area contributed by atoms with E-state index < -0.39 is 16.0 Å². The molecular weight excluding hydrogens is 220 g/mol. The molecule has 7 heteroatoms. The van der Waals surface area contributed by atoms with Gasteiger partial charge in [0.15, 0.2) is 5.71 Å². The topological polar surface area (TPSA) is 95.8 Å². The second kappa shape index (κ2) is 3.06. The molecule has 6 nitrogen and oxygen atoms in total. The first-order valence-corrected chi connectivity index (χ1v) is 5.43. The number of rotatable bonds is 1. The maximum absolute atomic E-state index is 11.4. The molecule has 78 valence electrons. The van der Waals surface area contributed by atoms with Crippen LogP contribution >= 0.6 is 0 Å². The first kappa shape index (κ1) is 9.66. The van der Waals surface area contributed by atoms with Crippen LogP contribution in [0.5, 0.6) is 0 Å². The van der Waals surface area contributed by atoms with Gasteiger partial charge in [-0.15, -0.1) is 0 Å². The lowest BCUT2D eigenvalue weighted by Crippen LogP contribution is -2.31. The van der Waals surface area contributed by atoms with Crippen molar-refractivity contribution in [3.8, 4) is 0 Å². The Bertz CT molecular complexity index is 562. The summed E-state index contributed by atoms with van der Waals surface area (Å²) in [6.07, 6.45) is 0. The Labute approximate surface area is 85.3 Å². The van der Waals surface area contributed by atoms with Crippen LogP contribution in [0.1, 0.15) is 5.56 Å². The lowest BCUT2D eigenvalue weighted by molar-refractivity contribution is -0.129. The van der Waals surface area contributed by atoms with Crippen LogP contribution in [-0.2, 0) is 14.8 Å². The normalized spacial score (nSPS) is 17.2. The minimum atomic E-state index is -3.71. The Morgan fingerprint density at radius 2 is 2.00 bits per heavy atom. The predicted molar refractivity (Wildman–Crippen MR) is 50.9 cm³/mol. The van der Waals surface area contributed by atoms with E-state index in [4.69, 9.17) is 5.11 Å². The van der Waals surface area contributed by atoms with Gasteiger partial charge in [0.1, 0.15) is 0 Å². The van der Waals surface area contributed by atoms with Crippen LogP contribution in [0.2, 0.25) is 0 Å². The summed E-state index contributed by atoms with van der Waals surface area (Å²) < 4.78 is 22.9. The van der Waals surface area contributed by atoms with Gasteiger partial charge in [0.05, 0.1) is 4.90 Å². The van der Waals surface area contributed by atoms with Gasteiger partial charge in [-0.25, -0.2) is 4.79 Å². The van der Waals surface area contributed by atoms with Crippen LogP contribution in [-0.4, -0.2) is 25.2 Å². The van der Waals surface area contributed by atoms with Crippen LogP contribution in [0.25, 0.3) is 0 Å². The summed E-state index contributed by atoms with van der Waals surface area (Å²) in [6, 6.07) is 5.80. The molecule has 1 heterocycles. The fraction of sp³-hybridized carbons (Fsp3) is 0. The second-order valence-corrected chi connectivity index (χ2v) is 4.49. The fourth-order valence-corrected chi connectivity index (χ4v) is 2.30. The third-order valence-electron chi connectivity index (χ3n) is 1.91. The quantitative estimate of drug-likeness (QED) is 0.691. The molecule has 0 unspecified atom stereocenters. The molecule has 2 rings (SSSR count). The average Bonchev–Trinajstić information content (AvgIpc) is 2.17. The van der Waals surface area contributed by atoms with Crippen molar-refractivity contribution in [2.45, 2.75) is 4.90 Å². The Kier molecular flexibility index (Phi) is 1.97. The summed E-state index contributed by atoms with van der Waals surface area (Å²) in [6.45, 7) is 0. The van der Waals surface area contributed by atoms with Crippen molar-refractivity contribution in [2.75, 3.05) is 0 Å². The Hall–Kier alpha value is -1.89. The lowest BCUT2D eigenvalue weighted by atomic mass is 10.1. The van der Waals surface area contributed by atoms with Gasteiger partial charge in [-0.05, 0) is 6.07 Å². The summed E-state index contributed by atoms with van der Waals surface area (Å²) in [5, 5.41) is 12.1. The molecule has 0 saturated heterocycles. The van der Waals surface area contributed by atoms with E-state index in [0.29, 0.717) is 0 Å². The molecule has 1 aliphatic rings. The van der Waals surface area contributed by atoms with Crippen LogP contribution in [0.3, 0.4) is 0 Å². The van der Waals surface area contributed by atoms with Crippen molar-refractivity contribution in [1.29, 1.82) is 0 Å². The molecule has 0 fully saturated rings. The SMILES string of the molecule is O=C(O)C1=NNS(=O)(=O)c2ccccc21. The number of hydrogen-bond donors (Lipinski definition) is 2. The molecule has 0 aromatic heterocycles. The van der Waals surface area contributed by atoms with Gasteiger partial charge in [-0.2, -0.15) is 18.4 Å². The highest BCUT2D eigenvalue weighted by Crippen LogP contribution is 2.19. The van der Waals surface area contributed by atoms with Gasteiger partial charge in [-0.3, -0.25) is 0 Å². The standard InChI is InChI=1S/C8H6N2O4S/c11-8(12)7-5-3-1-2-4-6(5)15(13,14)10-9-7/h1-4,10H,(H,11,12). The number of carboxylic acids is 1. The van der Waals surface area contributed by atoms with E-state index in [1.54, 1.807) is 6.07 Å². The zero-order chi connectivity index (χ0) is 11.1. The smallest absolute Gasteiger partial charge is 0.357 e. The largest absolute Gasteiger partial charge is 0.476 e. The van der Waals surface area contributed by atoms with E-state index in [-0.39, 0.29) is 16.2 Å². The van der Waals surface area contributed by atoms with E-state index in [1.165, 1.54) is 18.2 Å². The Balaban J connectivity index is 2.74. The molecule has 0 saturated carbocycles. The summed E-state index contributed by atoms with van der Waals surface area (Å²) >= 11 is 0. The van der Waals surface area contributed by atoms with Crippen molar-refractivity contribution < 1.29 is 18.3 Å². The highest BCUT2D eigenvalue weighted by molar-refractivity contribution is 7.89. The predicted octanol–water partition coefficient (Wildman–Crippen LogP) is -0.233. The Morgan fingerprint density at radius 3 is 2.67 bits per heavy atom. The van der Waals surface area contributed by atoms with Gasteiger partial charge in [0.25, 0.3) is 10.0 Å². The zero-order valence-corrected chi connectivity index (χ0v) is 8.15. The van der Waals surface area contributed by atoms with E-state index in [0.717, 1.165) is 0 Å². The number of fused-ring (bicyclic) bond motifs is 1. The van der Waals surface area contributed by atoms with Crippen molar-refractivity contribution in [2.24, 2.45) is 5.10 Å². The van der Waals surface area contributed by atoms with Gasteiger partial charge < -0.3 is 5.11 Å². The number of nitrogens with one attached hydrogen (secondary N) is 1. The van der Waals surface area contributed by atoms with Crippen molar-refractivity contribution in [3.05, 3.63) is 29.8 Å². The zero-order valence-electron chi connectivity index (χ0n) is 7.34. The number of carbonyl (C=O) groups is 1. The maximum atomic E-state index is 11.4. The molecule has 1 aliphatic heterocycles. The van der Waals surface area contributed by atoms with Crippen molar-refractivity contribution in [3.63, 3.8) is 0 Å². The monoisotopic (exact) mass is 226 g/mol. The summed E-state index contributed by atoms with van der Waals surface area (Å²) in [5.74, 6) is -1.27. The molecule has 0 aliphatic carbocycles. The summed E-state index contributed by atoms with van der Waals surface area (Å²) in [7, 11) is -3.71. The first-order chi connectivity index (χ1) is 7.02. The molecule has 0 spiro atoms. The molecule has 0 radical (unpaired) electrons.